The number of benzene rings is 1. The van der Waals surface area contributed by atoms with E-state index in [9.17, 15) is 0 Å². The zero-order chi connectivity index (χ0) is 13.2. The summed E-state index contributed by atoms with van der Waals surface area (Å²) in [6.45, 7) is 7.61. The van der Waals surface area contributed by atoms with Crippen molar-refractivity contribution in [3.8, 4) is 0 Å². The normalized spacial score (nSPS) is 20.1. The van der Waals surface area contributed by atoms with Gasteiger partial charge in [-0.15, -0.1) is 0 Å². The molecule has 2 nitrogen and oxygen atoms in total. The van der Waals surface area contributed by atoms with Crippen molar-refractivity contribution in [3.05, 3.63) is 34.3 Å². The highest BCUT2D eigenvalue weighted by Crippen LogP contribution is 2.28. The van der Waals surface area contributed by atoms with Crippen LogP contribution in [0, 0.1) is 5.41 Å². The van der Waals surface area contributed by atoms with Crippen LogP contribution in [0.1, 0.15) is 32.4 Å². The first-order valence-corrected chi connectivity index (χ1v) is 7.93. The minimum atomic E-state index is 0.287. The lowest BCUT2D eigenvalue weighted by atomic mass is 9.97. The largest absolute Gasteiger partial charge is 0.358 e. The number of hydrogen-bond acceptors (Lipinski definition) is 3. The molecule has 0 saturated carbocycles. The molecule has 0 aliphatic carbocycles. The van der Waals surface area contributed by atoms with Gasteiger partial charge in [0.1, 0.15) is 0 Å². The molecule has 2 rings (SSSR count). The average Bonchev–Trinajstić information content (AvgIpc) is 2.32. The lowest BCUT2D eigenvalue weighted by Gasteiger charge is -2.28. The van der Waals surface area contributed by atoms with Crippen LogP contribution in [-0.2, 0) is 0 Å². The molecule has 18 heavy (non-hydrogen) atoms. The van der Waals surface area contributed by atoms with Gasteiger partial charge in [-0.25, -0.2) is 0 Å². The van der Waals surface area contributed by atoms with Gasteiger partial charge < -0.3 is 5.32 Å². The Morgan fingerprint density at radius 1 is 1.44 bits per heavy atom. The number of aliphatic imine (C=N–C) groups is 1. The zero-order valence-electron chi connectivity index (χ0n) is 11.0. The van der Waals surface area contributed by atoms with Crippen LogP contribution in [0.15, 0.2) is 33.7 Å². The summed E-state index contributed by atoms with van der Waals surface area (Å²) < 4.78 is 1.12. The van der Waals surface area contributed by atoms with E-state index in [1.165, 1.54) is 5.56 Å². The standard InChI is InChI=1S/C14H19BrN2S/c1-10(11-5-4-6-12(15)7-11)17-13-16-8-14(2,3)9-18-13/h4-7,10H,8-9H2,1-3H3,(H,16,17). The Bertz CT molecular complexity index is 457. The van der Waals surface area contributed by atoms with Crippen molar-refractivity contribution in [3.63, 3.8) is 0 Å². The SMILES string of the molecule is CC(NC1=NCC(C)(C)CS1)c1cccc(Br)c1. The van der Waals surface area contributed by atoms with Gasteiger partial charge in [0.15, 0.2) is 5.17 Å². The van der Waals surface area contributed by atoms with Crippen molar-refractivity contribution in [2.75, 3.05) is 12.3 Å². The fourth-order valence-electron chi connectivity index (χ4n) is 1.77. The van der Waals surface area contributed by atoms with Crippen molar-refractivity contribution in [1.82, 2.24) is 5.32 Å². The van der Waals surface area contributed by atoms with Crippen LogP contribution in [0.3, 0.4) is 0 Å². The molecule has 1 aromatic carbocycles. The summed E-state index contributed by atoms with van der Waals surface area (Å²) in [6.07, 6.45) is 0. The third-order valence-electron chi connectivity index (χ3n) is 2.94. The lowest BCUT2D eigenvalue weighted by molar-refractivity contribution is 0.436. The topological polar surface area (TPSA) is 24.4 Å². The van der Waals surface area contributed by atoms with Crippen molar-refractivity contribution < 1.29 is 0 Å². The molecular weight excluding hydrogens is 308 g/mol. The van der Waals surface area contributed by atoms with Gasteiger partial charge in [0.05, 0.1) is 6.04 Å². The van der Waals surface area contributed by atoms with Crippen molar-refractivity contribution in [2.24, 2.45) is 10.4 Å². The maximum atomic E-state index is 4.63. The number of nitrogens with zero attached hydrogens (tertiary/aromatic N) is 1. The summed E-state index contributed by atoms with van der Waals surface area (Å²) in [5.74, 6) is 1.13. The van der Waals surface area contributed by atoms with Crippen LogP contribution in [-0.4, -0.2) is 17.5 Å². The van der Waals surface area contributed by atoms with E-state index < -0.39 is 0 Å². The predicted molar refractivity (Wildman–Crippen MR) is 84.2 cm³/mol. The number of rotatable bonds is 2. The molecule has 98 valence electrons. The van der Waals surface area contributed by atoms with Gasteiger partial charge >= 0.3 is 0 Å². The van der Waals surface area contributed by atoms with Gasteiger partial charge in [0.25, 0.3) is 0 Å². The molecule has 1 atom stereocenters. The Hall–Kier alpha value is -0.480. The molecule has 0 saturated heterocycles. The molecule has 0 amide bonds. The van der Waals surface area contributed by atoms with E-state index in [2.05, 4.69) is 65.2 Å². The average molecular weight is 327 g/mol. The Morgan fingerprint density at radius 3 is 2.83 bits per heavy atom. The molecule has 1 aromatic rings. The van der Waals surface area contributed by atoms with E-state index in [-0.39, 0.29) is 6.04 Å². The van der Waals surface area contributed by atoms with Crippen LogP contribution in [0.25, 0.3) is 0 Å². The molecule has 1 heterocycles. The Balaban J connectivity index is 2.00. The summed E-state index contributed by atoms with van der Waals surface area (Å²) in [4.78, 5) is 4.63. The summed E-state index contributed by atoms with van der Waals surface area (Å²) in [5.41, 5.74) is 1.60. The highest BCUT2D eigenvalue weighted by molar-refractivity contribution is 9.10. The van der Waals surface area contributed by atoms with E-state index in [4.69, 9.17) is 0 Å². The lowest BCUT2D eigenvalue weighted by Crippen LogP contribution is -2.32. The van der Waals surface area contributed by atoms with Crippen LogP contribution >= 0.6 is 27.7 Å². The van der Waals surface area contributed by atoms with Crippen molar-refractivity contribution >= 4 is 32.9 Å². The van der Waals surface area contributed by atoms with Crippen LogP contribution in [0.5, 0.6) is 0 Å². The Labute approximate surface area is 122 Å². The quantitative estimate of drug-likeness (QED) is 0.879. The molecule has 0 fully saturated rings. The van der Waals surface area contributed by atoms with Crippen LogP contribution < -0.4 is 5.32 Å². The maximum absolute atomic E-state index is 4.63. The first-order chi connectivity index (χ1) is 8.46. The summed E-state index contributed by atoms with van der Waals surface area (Å²) in [6, 6.07) is 8.69. The Kier molecular flexibility index (Phi) is 4.38. The summed E-state index contributed by atoms with van der Waals surface area (Å²) >= 11 is 5.33. The van der Waals surface area contributed by atoms with Crippen LogP contribution in [0.4, 0.5) is 0 Å². The second kappa shape index (κ2) is 5.66. The van der Waals surface area contributed by atoms with Gasteiger partial charge in [-0.3, -0.25) is 4.99 Å². The molecule has 0 bridgehead atoms. The predicted octanol–water partition coefficient (Wildman–Crippen LogP) is 4.23. The number of halogens is 1. The van der Waals surface area contributed by atoms with Crippen molar-refractivity contribution in [2.45, 2.75) is 26.8 Å². The number of thioether (sulfide) groups is 1. The summed E-state index contributed by atoms with van der Waals surface area (Å²) in [7, 11) is 0. The minimum Gasteiger partial charge on any atom is -0.358 e. The first-order valence-electron chi connectivity index (χ1n) is 6.15. The van der Waals surface area contributed by atoms with Gasteiger partial charge in [-0.05, 0) is 30.0 Å². The molecular formula is C14H19BrN2S. The summed E-state index contributed by atoms with van der Waals surface area (Å²) in [5, 5.41) is 4.56. The molecule has 4 heteroatoms. The van der Waals surface area contributed by atoms with Gasteiger partial charge in [0.2, 0.25) is 0 Å². The van der Waals surface area contributed by atoms with Crippen molar-refractivity contribution in [1.29, 1.82) is 0 Å². The van der Waals surface area contributed by atoms with Gasteiger partial charge in [0, 0.05) is 16.8 Å². The molecule has 1 aliphatic heterocycles. The van der Waals surface area contributed by atoms with E-state index in [0.717, 1.165) is 21.9 Å². The molecule has 1 N–H and O–H groups in total. The number of amidine groups is 1. The Morgan fingerprint density at radius 2 is 2.22 bits per heavy atom. The van der Waals surface area contributed by atoms with E-state index in [1.54, 1.807) is 0 Å². The first kappa shape index (κ1) is 13.9. The number of nitrogens with one attached hydrogen (secondary N) is 1. The van der Waals surface area contributed by atoms with E-state index in [0.29, 0.717) is 5.41 Å². The highest BCUT2D eigenvalue weighted by atomic mass is 79.9. The second-order valence-electron chi connectivity index (χ2n) is 5.50. The van der Waals surface area contributed by atoms with E-state index in [1.807, 2.05) is 17.8 Å². The molecule has 0 radical (unpaired) electrons. The zero-order valence-corrected chi connectivity index (χ0v) is 13.4. The minimum absolute atomic E-state index is 0.287. The molecule has 1 unspecified atom stereocenters. The third-order valence-corrected chi connectivity index (χ3v) is 4.88. The smallest absolute Gasteiger partial charge is 0.157 e. The molecule has 0 aromatic heterocycles. The number of hydrogen-bond donors (Lipinski definition) is 1. The molecule has 0 spiro atoms. The monoisotopic (exact) mass is 326 g/mol. The highest BCUT2D eigenvalue weighted by Gasteiger charge is 2.24. The maximum Gasteiger partial charge on any atom is 0.157 e. The van der Waals surface area contributed by atoms with Crippen LogP contribution in [0.2, 0.25) is 0 Å². The van der Waals surface area contributed by atoms with Gasteiger partial charge in [-0.1, -0.05) is 53.7 Å². The van der Waals surface area contributed by atoms with E-state index >= 15 is 0 Å². The second-order valence-corrected chi connectivity index (χ2v) is 7.38. The molecule has 1 aliphatic rings. The fraction of sp³-hybridized carbons (Fsp3) is 0.500. The van der Waals surface area contributed by atoms with Gasteiger partial charge in [-0.2, -0.15) is 0 Å². The third kappa shape index (κ3) is 3.75. The fourth-order valence-corrected chi connectivity index (χ4v) is 3.22.